The second-order valence-electron chi connectivity index (χ2n) is 4.33. The second-order valence-corrected chi connectivity index (χ2v) is 5.77. The summed E-state index contributed by atoms with van der Waals surface area (Å²) in [6.45, 7) is 6.57. The number of hydrogen-bond acceptors (Lipinski definition) is 1. The summed E-state index contributed by atoms with van der Waals surface area (Å²) in [5, 5.41) is 5.45. The van der Waals surface area contributed by atoms with Crippen molar-refractivity contribution in [3.8, 4) is 0 Å². The largest absolute Gasteiger partial charge is 0.271 e. The number of nitrogens with zero attached hydrogens (tertiary/aromatic N) is 2. The van der Waals surface area contributed by atoms with Crippen LogP contribution in [-0.4, -0.2) is 15.1 Å². The van der Waals surface area contributed by atoms with Crippen LogP contribution >= 0.6 is 31.9 Å². The molecule has 1 rings (SSSR count). The van der Waals surface area contributed by atoms with Crippen LogP contribution in [0.1, 0.15) is 25.2 Å². The van der Waals surface area contributed by atoms with Crippen LogP contribution in [0, 0.1) is 18.8 Å². The van der Waals surface area contributed by atoms with E-state index in [2.05, 4.69) is 50.8 Å². The van der Waals surface area contributed by atoms with Gasteiger partial charge in [0.05, 0.1) is 15.9 Å². The molecule has 0 spiro atoms. The summed E-state index contributed by atoms with van der Waals surface area (Å²) in [4.78, 5) is 0. The average Bonchev–Trinajstić information content (AvgIpc) is 2.39. The van der Waals surface area contributed by atoms with Gasteiger partial charge in [-0.1, -0.05) is 29.8 Å². The summed E-state index contributed by atoms with van der Waals surface area (Å²) < 4.78 is 3.15. The van der Waals surface area contributed by atoms with Crippen LogP contribution in [0.15, 0.2) is 4.47 Å². The van der Waals surface area contributed by atoms with E-state index >= 15 is 0 Å². The fourth-order valence-electron chi connectivity index (χ4n) is 1.62. The van der Waals surface area contributed by atoms with Gasteiger partial charge < -0.3 is 0 Å². The lowest BCUT2D eigenvalue weighted by Gasteiger charge is -2.18. The summed E-state index contributed by atoms with van der Waals surface area (Å²) in [7, 11) is 2.01. The first kappa shape index (κ1) is 13.2. The van der Waals surface area contributed by atoms with Gasteiger partial charge in [-0.05, 0) is 41.1 Å². The van der Waals surface area contributed by atoms with Crippen molar-refractivity contribution in [2.75, 3.05) is 5.33 Å². The molecule has 0 saturated heterocycles. The SMILES string of the molecule is Cc1nn(C)c(CC(CBr)C(C)C)c1Br. The summed E-state index contributed by atoms with van der Waals surface area (Å²) in [5.74, 6) is 1.35. The number of aryl methyl sites for hydroxylation is 2. The van der Waals surface area contributed by atoms with E-state index in [-0.39, 0.29) is 0 Å². The molecule has 0 N–H and O–H groups in total. The Hall–Kier alpha value is 0.170. The monoisotopic (exact) mass is 336 g/mol. The Morgan fingerprint density at radius 1 is 1.40 bits per heavy atom. The summed E-state index contributed by atoms with van der Waals surface area (Å²) in [6, 6.07) is 0. The van der Waals surface area contributed by atoms with Gasteiger partial charge in [0.15, 0.2) is 0 Å². The van der Waals surface area contributed by atoms with Crippen LogP contribution in [0.5, 0.6) is 0 Å². The van der Waals surface area contributed by atoms with Gasteiger partial charge in [0.25, 0.3) is 0 Å². The number of hydrogen-bond donors (Lipinski definition) is 0. The predicted molar refractivity (Wildman–Crippen MR) is 71.5 cm³/mol. The normalized spacial score (nSPS) is 13.5. The third-order valence-electron chi connectivity index (χ3n) is 2.86. The molecule has 1 aromatic rings. The molecule has 1 aromatic heterocycles. The van der Waals surface area contributed by atoms with E-state index in [0.717, 1.165) is 21.9 Å². The zero-order chi connectivity index (χ0) is 11.6. The molecular weight excluding hydrogens is 320 g/mol. The minimum absolute atomic E-state index is 0.663. The molecule has 0 fully saturated rings. The predicted octanol–water partition coefficient (Wildman–Crippen LogP) is 3.70. The fourth-order valence-corrected chi connectivity index (χ4v) is 3.09. The Balaban J connectivity index is 2.88. The van der Waals surface area contributed by atoms with Gasteiger partial charge in [-0.15, -0.1) is 0 Å². The highest BCUT2D eigenvalue weighted by Crippen LogP contribution is 2.26. The molecule has 86 valence electrons. The van der Waals surface area contributed by atoms with Gasteiger partial charge in [-0.2, -0.15) is 5.10 Å². The van der Waals surface area contributed by atoms with Gasteiger partial charge in [-0.3, -0.25) is 4.68 Å². The maximum absolute atomic E-state index is 4.41. The van der Waals surface area contributed by atoms with Gasteiger partial charge in [0.2, 0.25) is 0 Å². The van der Waals surface area contributed by atoms with E-state index in [1.165, 1.54) is 5.69 Å². The first-order valence-corrected chi connectivity index (χ1v) is 7.12. The third kappa shape index (κ3) is 3.06. The molecule has 1 unspecified atom stereocenters. The number of alkyl halides is 1. The smallest absolute Gasteiger partial charge is 0.0738 e. The first-order chi connectivity index (χ1) is 6.97. The zero-order valence-corrected chi connectivity index (χ0v) is 12.9. The van der Waals surface area contributed by atoms with Crippen molar-refractivity contribution < 1.29 is 0 Å². The first-order valence-electron chi connectivity index (χ1n) is 5.21. The van der Waals surface area contributed by atoms with Gasteiger partial charge in [0.1, 0.15) is 0 Å². The summed E-state index contributed by atoms with van der Waals surface area (Å²) >= 11 is 7.19. The van der Waals surface area contributed by atoms with Crippen molar-refractivity contribution in [2.45, 2.75) is 27.2 Å². The van der Waals surface area contributed by atoms with Gasteiger partial charge in [0, 0.05) is 12.4 Å². The van der Waals surface area contributed by atoms with Gasteiger partial charge >= 0.3 is 0 Å². The molecule has 0 bridgehead atoms. The quantitative estimate of drug-likeness (QED) is 0.766. The average molecular weight is 338 g/mol. The molecule has 0 aromatic carbocycles. The Morgan fingerprint density at radius 2 is 2.00 bits per heavy atom. The van der Waals surface area contributed by atoms with E-state index in [1.807, 2.05) is 18.7 Å². The molecule has 0 aliphatic carbocycles. The topological polar surface area (TPSA) is 17.8 Å². The maximum atomic E-state index is 4.41. The van der Waals surface area contributed by atoms with Crippen LogP contribution in [0.4, 0.5) is 0 Å². The minimum Gasteiger partial charge on any atom is -0.271 e. The Kier molecular flexibility index (Phi) is 4.84. The molecule has 1 atom stereocenters. The molecular formula is C11H18Br2N2. The molecule has 0 aliphatic heterocycles. The second kappa shape index (κ2) is 5.48. The van der Waals surface area contributed by atoms with Crippen LogP contribution in [0.2, 0.25) is 0 Å². The summed E-state index contributed by atoms with van der Waals surface area (Å²) in [6.07, 6.45) is 1.07. The maximum Gasteiger partial charge on any atom is 0.0738 e. The highest BCUT2D eigenvalue weighted by molar-refractivity contribution is 9.10. The van der Waals surface area contributed by atoms with Crippen molar-refractivity contribution in [3.63, 3.8) is 0 Å². The van der Waals surface area contributed by atoms with Crippen molar-refractivity contribution in [1.29, 1.82) is 0 Å². The Morgan fingerprint density at radius 3 is 2.33 bits per heavy atom. The lowest BCUT2D eigenvalue weighted by atomic mass is 9.93. The Bertz CT molecular complexity index is 332. The lowest BCUT2D eigenvalue weighted by molar-refractivity contribution is 0.416. The van der Waals surface area contributed by atoms with E-state index in [4.69, 9.17) is 0 Å². The highest BCUT2D eigenvalue weighted by Gasteiger charge is 2.18. The molecule has 2 nitrogen and oxygen atoms in total. The standard InChI is InChI=1S/C11H18Br2N2/c1-7(2)9(6-12)5-10-11(13)8(3)14-15(10)4/h7,9H,5-6H2,1-4H3. The van der Waals surface area contributed by atoms with Crippen molar-refractivity contribution in [3.05, 3.63) is 15.9 Å². The minimum atomic E-state index is 0.663. The third-order valence-corrected chi connectivity index (χ3v) is 4.72. The Labute approximate surface area is 109 Å². The molecule has 4 heteroatoms. The van der Waals surface area contributed by atoms with Crippen molar-refractivity contribution in [1.82, 2.24) is 9.78 Å². The molecule has 1 heterocycles. The number of halogens is 2. The molecule has 15 heavy (non-hydrogen) atoms. The van der Waals surface area contributed by atoms with Crippen LogP contribution in [-0.2, 0) is 13.5 Å². The van der Waals surface area contributed by atoms with Crippen molar-refractivity contribution >= 4 is 31.9 Å². The highest BCUT2D eigenvalue weighted by atomic mass is 79.9. The van der Waals surface area contributed by atoms with E-state index in [9.17, 15) is 0 Å². The van der Waals surface area contributed by atoms with Crippen molar-refractivity contribution in [2.24, 2.45) is 18.9 Å². The molecule has 0 saturated carbocycles. The molecule has 0 amide bonds. The number of rotatable bonds is 4. The molecule has 0 aliphatic rings. The van der Waals surface area contributed by atoms with Crippen LogP contribution in [0.25, 0.3) is 0 Å². The van der Waals surface area contributed by atoms with Crippen LogP contribution < -0.4 is 0 Å². The van der Waals surface area contributed by atoms with E-state index < -0.39 is 0 Å². The lowest BCUT2D eigenvalue weighted by Crippen LogP contribution is -2.15. The number of aromatic nitrogens is 2. The fraction of sp³-hybridized carbons (Fsp3) is 0.727. The zero-order valence-electron chi connectivity index (χ0n) is 9.72. The molecule has 0 radical (unpaired) electrons. The van der Waals surface area contributed by atoms with E-state index in [1.54, 1.807) is 0 Å². The van der Waals surface area contributed by atoms with Gasteiger partial charge in [-0.25, -0.2) is 0 Å². The van der Waals surface area contributed by atoms with E-state index in [0.29, 0.717) is 11.8 Å². The van der Waals surface area contributed by atoms with Crippen LogP contribution in [0.3, 0.4) is 0 Å². The summed E-state index contributed by atoms with van der Waals surface area (Å²) in [5.41, 5.74) is 2.37.